The number of anilines is 9. The molecule has 0 fully saturated rings. The minimum atomic E-state index is -0.166. The van der Waals surface area contributed by atoms with Crippen LogP contribution >= 0.6 is 11.8 Å². The summed E-state index contributed by atoms with van der Waals surface area (Å²) in [6, 6.07) is 82.7. The van der Waals surface area contributed by atoms with E-state index in [-0.39, 0.29) is 5.41 Å². The van der Waals surface area contributed by atoms with Crippen LogP contribution in [-0.4, -0.2) is 15.0 Å². The van der Waals surface area contributed by atoms with Crippen LogP contribution in [0.1, 0.15) is 25.0 Å². The predicted octanol–water partition coefficient (Wildman–Crippen LogP) is 17.5. The fourth-order valence-corrected chi connectivity index (χ4v) is 12.1. The molecule has 6 nitrogen and oxygen atoms in total. The van der Waals surface area contributed by atoms with E-state index in [4.69, 9.17) is 15.0 Å². The lowest BCUT2D eigenvalue weighted by Crippen LogP contribution is -2.25. The molecule has 1 aliphatic carbocycles. The molecule has 71 heavy (non-hydrogen) atoms. The first-order valence-corrected chi connectivity index (χ1v) is 24.9. The molecule has 1 aromatic heterocycles. The second-order valence-corrected chi connectivity index (χ2v) is 19.9. The molecule has 0 spiro atoms. The average Bonchev–Trinajstić information content (AvgIpc) is 3.66. The summed E-state index contributed by atoms with van der Waals surface area (Å²) in [5, 5.41) is 2.13. The highest BCUT2D eigenvalue weighted by atomic mass is 32.2. The van der Waals surface area contributed by atoms with E-state index < -0.39 is 0 Å². The van der Waals surface area contributed by atoms with E-state index in [1.165, 1.54) is 43.4 Å². The van der Waals surface area contributed by atoms with Crippen LogP contribution < -0.4 is 14.7 Å². The van der Waals surface area contributed by atoms with Gasteiger partial charge in [-0.2, -0.15) is 0 Å². The number of rotatable bonds is 6. The Labute approximate surface area is 417 Å². The van der Waals surface area contributed by atoms with Gasteiger partial charge in [0.05, 0.1) is 39.8 Å². The van der Waals surface area contributed by atoms with Gasteiger partial charge in [0.2, 0.25) is 0 Å². The molecule has 0 bridgehead atoms. The summed E-state index contributed by atoms with van der Waals surface area (Å²) >= 11 is 1.82. The molecule has 0 saturated carbocycles. The summed E-state index contributed by atoms with van der Waals surface area (Å²) in [6.45, 7) is 4.62. The Balaban J connectivity index is 0.951. The molecule has 0 saturated heterocycles. The van der Waals surface area contributed by atoms with Gasteiger partial charge in [0.15, 0.2) is 17.5 Å². The van der Waals surface area contributed by atoms with Crippen LogP contribution in [0.5, 0.6) is 0 Å². The second-order valence-electron chi connectivity index (χ2n) is 18.8. The Bertz CT molecular complexity index is 3880. The summed E-state index contributed by atoms with van der Waals surface area (Å²) in [4.78, 5) is 25.6. The van der Waals surface area contributed by atoms with Crippen LogP contribution in [0.2, 0.25) is 0 Å². The number of hydrogen-bond donors (Lipinski definition) is 0. The molecule has 3 aliphatic rings. The highest BCUT2D eigenvalue weighted by molar-refractivity contribution is 7.99. The maximum atomic E-state index is 5.37. The number of fused-ring (bicyclic) bond motifs is 8. The van der Waals surface area contributed by atoms with Crippen molar-refractivity contribution in [3.05, 3.63) is 242 Å². The predicted molar refractivity (Wildman–Crippen MR) is 293 cm³/mol. The third kappa shape index (κ3) is 6.54. The average molecular weight is 929 g/mol. The largest absolute Gasteiger partial charge is 0.308 e. The van der Waals surface area contributed by atoms with E-state index >= 15 is 0 Å². The van der Waals surface area contributed by atoms with Crippen LogP contribution in [0.3, 0.4) is 0 Å². The molecular formula is C64H44N6S. The van der Waals surface area contributed by atoms with E-state index in [9.17, 15) is 0 Å². The van der Waals surface area contributed by atoms with Crippen molar-refractivity contribution in [2.45, 2.75) is 29.1 Å². The Morgan fingerprint density at radius 1 is 0.324 bits per heavy atom. The lowest BCUT2D eigenvalue weighted by Gasteiger charge is -2.41. The summed E-state index contributed by atoms with van der Waals surface area (Å²) < 4.78 is 0. The zero-order chi connectivity index (χ0) is 47.2. The molecule has 7 heteroatoms. The zero-order valence-corrected chi connectivity index (χ0v) is 39.8. The monoisotopic (exact) mass is 928 g/mol. The molecule has 11 aromatic rings. The molecular weight excluding hydrogens is 885 g/mol. The lowest BCUT2D eigenvalue weighted by atomic mass is 9.82. The smallest absolute Gasteiger partial charge is 0.164 e. The van der Waals surface area contributed by atoms with Gasteiger partial charge in [0.1, 0.15) is 0 Å². The Hall–Kier alpha value is -8.78. The number of para-hydroxylation sites is 5. The number of nitrogens with zero attached hydrogens (tertiary/aromatic N) is 6. The summed E-state index contributed by atoms with van der Waals surface area (Å²) in [7, 11) is 0. The van der Waals surface area contributed by atoms with Crippen LogP contribution in [-0.2, 0) is 5.41 Å². The van der Waals surface area contributed by atoms with E-state index in [1.807, 2.05) is 30.0 Å². The first kappa shape index (κ1) is 41.2. The van der Waals surface area contributed by atoms with Crippen LogP contribution in [0, 0.1) is 0 Å². The van der Waals surface area contributed by atoms with Crippen molar-refractivity contribution >= 4 is 73.7 Å². The SMILES string of the molecule is CC1(C)c2ccccc2-c2ccc(-c3nc(-c4ccccc4)nc(-c4ccc(N5c6ccccc6N(c6ccccc6)c6cc(N7c8ccccc8Sc8ccccc87)ccc65)c5ccccc45)n3)cc21. The molecule has 0 radical (unpaired) electrons. The van der Waals surface area contributed by atoms with Gasteiger partial charge in [-0.1, -0.05) is 171 Å². The van der Waals surface area contributed by atoms with Crippen LogP contribution in [0.15, 0.2) is 240 Å². The molecule has 10 aromatic carbocycles. The number of benzene rings is 10. The second kappa shape index (κ2) is 16.2. The van der Waals surface area contributed by atoms with Crippen molar-refractivity contribution in [3.8, 4) is 45.3 Å². The molecule has 2 aliphatic heterocycles. The molecule has 0 amide bonds. The van der Waals surface area contributed by atoms with Gasteiger partial charge in [-0.25, -0.2) is 15.0 Å². The fourth-order valence-electron chi connectivity index (χ4n) is 11.1. The fraction of sp³-hybridized carbons (Fsp3) is 0.0469. The van der Waals surface area contributed by atoms with E-state index in [1.54, 1.807) is 0 Å². The van der Waals surface area contributed by atoms with Crippen molar-refractivity contribution in [1.82, 2.24) is 15.0 Å². The minimum Gasteiger partial charge on any atom is -0.308 e. The van der Waals surface area contributed by atoms with Crippen molar-refractivity contribution in [2.24, 2.45) is 0 Å². The topological polar surface area (TPSA) is 48.4 Å². The normalized spacial score (nSPS) is 13.7. The van der Waals surface area contributed by atoms with Gasteiger partial charge in [-0.05, 0) is 113 Å². The third-order valence-corrected chi connectivity index (χ3v) is 15.5. The standard InChI is InChI=1S/C64H44N6S/c1-64(2)50-26-12-11-24-46(50)47-35-33-42(39-51(47)64)62-65-61(41-19-5-3-6-20-41)66-63(67-62)49-36-38-52(48-25-10-9-23-45(48)49)70-54-28-14-13-27-53(54)68(43-21-7-4-8-22-43)58-40-44(34-37-55(58)70)69-56-29-15-17-31-59(56)71-60-32-18-16-30-57(60)69/h3-40H,1-2H3. The molecule has 0 atom stereocenters. The highest BCUT2D eigenvalue weighted by Gasteiger charge is 2.36. The Morgan fingerprint density at radius 2 is 0.845 bits per heavy atom. The van der Waals surface area contributed by atoms with Crippen LogP contribution in [0.25, 0.3) is 56.1 Å². The molecule has 14 rings (SSSR count). The Morgan fingerprint density at radius 3 is 1.59 bits per heavy atom. The van der Waals surface area contributed by atoms with Gasteiger partial charge in [-0.15, -0.1) is 0 Å². The van der Waals surface area contributed by atoms with Crippen molar-refractivity contribution < 1.29 is 0 Å². The van der Waals surface area contributed by atoms with Gasteiger partial charge in [0, 0.05) is 48.7 Å². The highest BCUT2D eigenvalue weighted by Crippen LogP contribution is 2.58. The number of aromatic nitrogens is 3. The van der Waals surface area contributed by atoms with E-state index in [0.717, 1.165) is 67.3 Å². The van der Waals surface area contributed by atoms with E-state index in [0.29, 0.717) is 17.5 Å². The van der Waals surface area contributed by atoms with Crippen molar-refractivity contribution in [3.63, 3.8) is 0 Å². The molecule has 3 heterocycles. The molecule has 0 unspecified atom stereocenters. The quantitative estimate of drug-likeness (QED) is 0.165. The van der Waals surface area contributed by atoms with Gasteiger partial charge >= 0.3 is 0 Å². The van der Waals surface area contributed by atoms with Gasteiger partial charge in [0.25, 0.3) is 0 Å². The maximum Gasteiger partial charge on any atom is 0.164 e. The number of hydrogen-bond acceptors (Lipinski definition) is 7. The zero-order valence-electron chi connectivity index (χ0n) is 39.0. The van der Waals surface area contributed by atoms with Crippen molar-refractivity contribution in [2.75, 3.05) is 14.7 Å². The first-order chi connectivity index (χ1) is 35.0. The minimum absolute atomic E-state index is 0.166. The molecule has 0 N–H and O–H groups in total. The van der Waals surface area contributed by atoms with Gasteiger partial charge in [-0.3, -0.25) is 0 Å². The lowest BCUT2D eigenvalue weighted by molar-refractivity contribution is 0.660. The van der Waals surface area contributed by atoms with E-state index in [2.05, 4.69) is 241 Å². The summed E-state index contributed by atoms with van der Waals surface area (Å²) in [5.41, 5.74) is 17.7. The maximum absolute atomic E-state index is 5.37. The first-order valence-electron chi connectivity index (χ1n) is 24.1. The van der Waals surface area contributed by atoms with Gasteiger partial charge < -0.3 is 14.7 Å². The third-order valence-electron chi connectivity index (χ3n) is 14.4. The Kier molecular flexibility index (Phi) is 9.38. The molecule has 336 valence electrons. The van der Waals surface area contributed by atoms with Crippen molar-refractivity contribution in [1.29, 1.82) is 0 Å². The summed E-state index contributed by atoms with van der Waals surface area (Å²) in [6.07, 6.45) is 0. The summed E-state index contributed by atoms with van der Waals surface area (Å²) in [5.74, 6) is 1.90. The van der Waals surface area contributed by atoms with Crippen LogP contribution in [0.4, 0.5) is 51.2 Å².